The standard InChI is InChI=1S/C18H25N3O3/c1-12(2)21-13(3)10-16(20-21)18(22)19-9-8-14-11-15(23-4)6-7-17(14)24-5/h6-7,10-12H,8-9H2,1-5H3,(H,19,22). The van der Waals surface area contributed by atoms with Crippen LogP contribution in [0.15, 0.2) is 24.3 Å². The minimum atomic E-state index is -0.167. The van der Waals surface area contributed by atoms with E-state index < -0.39 is 0 Å². The van der Waals surface area contributed by atoms with E-state index in [-0.39, 0.29) is 11.9 Å². The van der Waals surface area contributed by atoms with Gasteiger partial charge in [-0.05, 0) is 57.0 Å². The quantitative estimate of drug-likeness (QED) is 0.847. The van der Waals surface area contributed by atoms with Crippen LogP contribution in [0.5, 0.6) is 11.5 Å². The zero-order valence-corrected chi connectivity index (χ0v) is 14.9. The fraction of sp³-hybridized carbons (Fsp3) is 0.444. The molecule has 6 nitrogen and oxygen atoms in total. The number of amides is 1. The van der Waals surface area contributed by atoms with Crippen LogP contribution in [0.1, 0.15) is 41.6 Å². The highest BCUT2D eigenvalue weighted by Gasteiger charge is 2.14. The molecule has 1 N–H and O–H groups in total. The van der Waals surface area contributed by atoms with Crippen molar-refractivity contribution in [2.24, 2.45) is 0 Å². The first-order valence-electron chi connectivity index (χ1n) is 8.01. The van der Waals surface area contributed by atoms with Gasteiger partial charge in [0.1, 0.15) is 17.2 Å². The fourth-order valence-corrected chi connectivity index (χ4v) is 2.60. The Labute approximate surface area is 142 Å². The number of hydrogen-bond donors (Lipinski definition) is 1. The number of aryl methyl sites for hydroxylation is 1. The molecule has 1 amide bonds. The van der Waals surface area contributed by atoms with Crippen LogP contribution in [0.25, 0.3) is 0 Å². The summed E-state index contributed by atoms with van der Waals surface area (Å²) in [7, 11) is 3.26. The number of rotatable bonds is 7. The van der Waals surface area contributed by atoms with Gasteiger partial charge in [-0.2, -0.15) is 5.10 Å². The second-order valence-electron chi connectivity index (χ2n) is 5.89. The number of carbonyl (C=O) groups excluding carboxylic acids is 1. The minimum Gasteiger partial charge on any atom is -0.497 e. The maximum Gasteiger partial charge on any atom is 0.271 e. The topological polar surface area (TPSA) is 65.4 Å². The smallest absolute Gasteiger partial charge is 0.271 e. The summed E-state index contributed by atoms with van der Waals surface area (Å²) in [5, 5.41) is 7.26. The molecule has 0 fully saturated rings. The molecular formula is C18H25N3O3. The third kappa shape index (κ3) is 4.07. The molecule has 24 heavy (non-hydrogen) atoms. The second kappa shape index (κ2) is 7.86. The molecule has 0 spiro atoms. The molecule has 0 saturated carbocycles. The molecule has 0 unspecified atom stereocenters. The molecule has 130 valence electrons. The van der Waals surface area contributed by atoms with Crippen LogP contribution in [-0.4, -0.2) is 36.5 Å². The molecule has 0 bridgehead atoms. The zero-order chi connectivity index (χ0) is 17.7. The molecule has 2 aromatic rings. The summed E-state index contributed by atoms with van der Waals surface area (Å²) in [6, 6.07) is 7.67. The van der Waals surface area contributed by atoms with E-state index in [9.17, 15) is 4.79 Å². The van der Waals surface area contributed by atoms with Crippen LogP contribution >= 0.6 is 0 Å². The lowest BCUT2D eigenvalue weighted by Gasteiger charge is -2.11. The van der Waals surface area contributed by atoms with Gasteiger partial charge in [0, 0.05) is 18.3 Å². The van der Waals surface area contributed by atoms with E-state index in [0.29, 0.717) is 18.7 Å². The molecule has 1 aromatic carbocycles. The SMILES string of the molecule is COc1ccc(OC)c(CCNC(=O)c2cc(C)n(C(C)C)n2)c1. The lowest BCUT2D eigenvalue weighted by atomic mass is 10.1. The van der Waals surface area contributed by atoms with Crippen LogP contribution in [-0.2, 0) is 6.42 Å². The Bertz CT molecular complexity index is 708. The monoisotopic (exact) mass is 331 g/mol. The van der Waals surface area contributed by atoms with E-state index >= 15 is 0 Å². The molecule has 6 heteroatoms. The number of nitrogens with zero attached hydrogens (tertiary/aromatic N) is 2. The van der Waals surface area contributed by atoms with Gasteiger partial charge in [-0.3, -0.25) is 9.48 Å². The van der Waals surface area contributed by atoms with Crippen LogP contribution in [0.2, 0.25) is 0 Å². The normalized spacial score (nSPS) is 10.8. The van der Waals surface area contributed by atoms with Crippen molar-refractivity contribution in [1.29, 1.82) is 0 Å². The van der Waals surface area contributed by atoms with Gasteiger partial charge in [0.05, 0.1) is 14.2 Å². The number of hydrogen-bond acceptors (Lipinski definition) is 4. The Balaban J connectivity index is 1.99. The molecule has 0 aliphatic rings. The van der Waals surface area contributed by atoms with E-state index in [4.69, 9.17) is 9.47 Å². The van der Waals surface area contributed by atoms with Crippen molar-refractivity contribution in [3.8, 4) is 11.5 Å². The first kappa shape index (κ1) is 17.8. The summed E-state index contributed by atoms with van der Waals surface area (Å²) in [5.41, 5.74) is 2.41. The lowest BCUT2D eigenvalue weighted by molar-refractivity contribution is 0.0948. The fourth-order valence-electron chi connectivity index (χ4n) is 2.60. The molecule has 0 saturated heterocycles. The largest absolute Gasteiger partial charge is 0.497 e. The predicted molar refractivity (Wildman–Crippen MR) is 92.9 cm³/mol. The van der Waals surface area contributed by atoms with Gasteiger partial charge in [0.2, 0.25) is 0 Å². The predicted octanol–water partition coefficient (Wildman–Crippen LogP) is 2.76. The van der Waals surface area contributed by atoms with Crippen molar-refractivity contribution in [3.05, 3.63) is 41.2 Å². The Morgan fingerprint density at radius 2 is 2.00 bits per heavy atom. The number of benzene rings is 1. The number of nitrogens with one attached hydrogen (secondary N) is 1. The van der Waals surface area contributed by atoms with Crippen LogP contribution in [0.3, 0.4) is 0 Å². The molecule has 0 radical (unpaired) electrons. The first-order valence-corrected chi connectivity index (χ1v) is 8.01. The van der Waals surface area contributed by atoms with Crippen molar-refractivity contribution in [3.63, 3.8) is 0 Å². The highest BCUT2D eigenvalue weighted by atomic mass is 16.5. The third-order valence-electron chi connectivity index (χ3n) is 3.81. The van der Waals surface area contributed by atoms with Crippen molar-refractivity contribution in [1.82, 2.24) is 15.1 Å². The summed E-state index contributed by atoms with van der Waals surface area (Å²) in [6.45, 7) is 6.52. The Kier molecular flexibility index (Phi) is 5.84. The van der Waals surface area contributed by atoms with Gasteiger partial charge in [0.25, 0.3) is 5.91 Å². The molecule has 2 rings (SSSR count). The molecule has 1 aromatic heterocycles. The average Bonchev–Trinajstić information content (AvgIpc) is 2.96. The van der Waals surface area contributed by atoms with Crippen molar-refractivity contribution in [2.75, 3.05) is 20.8 Å². The van der Waals surface area contributed by atoms with Crippen molar-refractivity contribution in [2.45, 2.75) is 33.2 Å². The van der Waals surface area contributed by atoms with Crippen LogP contribution in [0, 0.1) is 6.92 Å². The van der Waals surface area contributed by atoms with E-state index in [0.717, 1.165) is 22.8 Å². The third-order valence-corrected chi connectivity index (χ3v) is 3.81. The maximum atomic E-state index is 12.3. The molecular weight excluding hydrogens is 306 g/mol. The highest BCUT2D eigenvalue weighted by Crippen LogP contribution is 2.24. The van der Waals surface area contributed by atoms with E-state index in [2.05, 4.69) is 10.4 Å². The Morgan fingerprint density at radius 3 is 2.58 bits per heavy atom. The lowest BCUT2D eigenvalue weighted by Crippen LogP contribution is -2.26. The highest BCUT2D eigenvalue weighted by molar-refractivity contribution is 5.92. The molecule has 0 atom stereocenters. The number of aromatic nitrogens is 2. The van der Waals surface area contributed by atoms with Gasteiger partial charge < -0.3 is 14.8 Å². The molecule has 0 aliphatic heterocycles. The van der Waals surface area contributed by atoms with Gasteiger partial charge in [0.15, 0.2) is 0 Å². The van der Waals surface area contributed by atoms with E-state index in [1.165, 1.54) is 0 Å². The maximum absolute atomic E-state index is 12.3. The first-order chi connectivity index (χ1) is 11.5. The summed E-state index contributed by atoms with van der Waals surface area (Å²) in [5.74, 6) is 1.38. The Hall–Kier alpha value is -2.50. The van der Waals surface area contributed by atoms with Crippen molar-refractivity contribution < 1.29 is 14.3 Å². The molecule has 0 aliphatic carbocycles. The van der Waals surface area contributed by atoms with Crippen LogP contribution in [0.4, 0.5) is 0 Å². The number of methoxy groups -OCH3 is 2. The van der Waals surface area contributed by atoms with Crippen molar-refractivity contribution >= 4 is 5.91 Å². The van der Waals surface area contributed by atoms with E-state index in [1.54, 1.807) is 14.2 Å². The number of ether oxygens (including phenoxy) is 2. The minimum absolute atomic E-state index is 0.167. The summed E-state index contributed by atoms with van der Waals surface area (Å²) in [6.07, 6.45) is 0.649. The zero-order valence-electron chi connectivity index (χ0n) is 14.9. The summed E-state index contributed by atoms with van der Waals surface area (Å²) >= 11 is 0. The number of carbonyl (C=O) groups is 1. The second-order valence-corrected chi connectivity index (χ2v) is 5.89. The molecule has 1 heterocycles. The average molecular weight is 331 g/mol. The van der Waals surface area contributed by atoms with Gasteiger partial charge in [-0.25, -0.2) is 0 Å². The van der Waals surface area contributed by atoms with Crippen LogP contribution < -0.4 is 14.8 Å². The van der Waals surface area contributed by atoms with Gasteiger partial charge in [-0.1, -0.05) is 0 Å². The van der Waals surface area contributed by atoms with Gasteiger partial charge >= 0.3 is 0 Å². The summed E-state index contributed by atoms with van der Waals surface area (Å²) < 4.78 is 12.4. The van der Waals surface area contributed by atoms with E-state index in [1.807, 2.05) is 49.7 Å². The Morgan fingerprint density at radius 1 is 1.25 bits per heavy atom. The summed E-state index contributed by atoms with van der Waals surface area (Å²) in [4.78, 5) is 12.3. The van der Waals surface area contributed by atoms with Gasteiger partial charge in [-0.15, -0.1) is 0 Å².